The van der Waals surface area contributed by atoms with Crippen LogP contribution in [-0.2, 0) is 11.3 Å². The Morgan fingerprint density at radius 3 is 2.52 bits per heavy atom. The minimum atomic E-state index is -0.632. The summed E-state index contributed by atoms with van der Waals surface area (Å²) >= 11 is 0. The monoisotopic (exact) mass is 369 g/mol. The fraction of sp³-hybridized carbons (Fsp3) is 0.333. The number of urea groups is 1. The van der Waals surface area contributed by atoms with Crippen LogP contribution in [0.1, 0.15) is 25.3 Å². The van der Waals surface area contributed by atoms with E-state index in [-0.39, 0.29) is 17.8 Å². The van der Waals surface area contributed by atoms with Crippen LogP contribution in [-0.4, -0.2) is 29.9 Å². The van der Waals surface area contributed by atoms with E-state index >= 15 is 0 Å². The number of likely N-dealkylation sites (tertiary alicyclic amines) is 1. The van der Waals surface area contributed by atoms with Crippen LogP contribution in [0.4, 0.5) is 14.9 Å². The largest absolute Gasteiger partial charge is 0.351 e. The van der Waals surface area contributed by atoms with E-state index in [0.717, 1.165) is 18.4 Å². The first kappa shape index (κ1) is 18.9. The molecular formula is C21H24FN3O2. The predicted molar refractivity (Wildman–Crippen MR) is 103 cm³/mol. The number of benzene rings is 2. The quantitative estimate of drug-likeness (QED) is 0.862. The van der Waals surface area contributed by atoms with Gasteiger partial charge in [0.15, 0.2) is 0 Å². The SMILES string of the molecule is C[C@]1(C(=O)NCc2ccccc2)CCCN(C(=O)Nc2ccc(F)cc2)C1. The van der Waals surface area contributed by atoms with Crippen LogP contribution in [0.2, 0.25) is 0 Å². The van der Waals surface area contributed by atoms with Gasteiger partial charge in [-0.15, -0.1) is 0 Å². The average Bonchev–Trinajstić information content (AvgIpc) is 2.68. The third-order valence-corrected chi connectivity index (χ3v) is 4.92. The number of nitrogens with zero attached hydrogens (tertiary/aromatic N) is 1. The predicted octanol–water partition coefficient (Wildman–Crippen LogP) is 3.78. The molecule has 1 saturated heterocycles. The summed E-state index contributed by atoms with van der Waals surface area (Å²) in [7, 11) is 0. The number of hydrogen-bond acceptors (Lipinski definition) is 2. The lowest BCUT2D eigenvalue weighted by atomic mass is 9.81. The van der Waals surface area contributed by atoms with Gasteiger partial charge < -0.3 is 15.5 Å². The smallest absolute Gasteiger partial charge is 0.321 e. The number of rotatable bonds is 4. The molecule has 1 fully saturated rings. The second-order valence-electron chi connectivity index (χ2n) is 7.19. The van der Waals surface area contributed by atoms with E-state index in [2.05, 4.69) is 10.6 Å². The van der Waals surface area contributed by atoms with Crippen LogP contribution >= 0.6 is 0 Å². The molecule has 0 aliphatic carbocycles. The Morgan fingerprint density at radius 2 is 1.81 bits per heavy atom. The van der Waals surface area contributed by atoms with Gasteiger partial charge in [0, 0.05) is 25.3 Å². The molecule has 1 aliphatic heterocycles. The highest BCUT2D eigenvalue weighted by Crippen LogP contribution is 2.30. The molecule has 0 unspecified atom stereocenters. The fourth-order valence-corrected chi connectivity index (χ4v) is 3.33. The molecular weight excluding hydrogens is 345 g/mol. The third-order valence-electron chi connectivity index (χ3n) is 4.92. The maximum Gasteiger partial charge on any atom is 0.321 e. The van der Waals surface area contributed by atoms with Crippen LogP contribution in [0.5, 0.6) is 0 Å². The van der Waals surface area contributed by atoms with Crippen molar-refractivity contribution in [1.82, 2.24) is 10.2 Å². The minimum absolute atomic E-state index is 0.0503. The molecule has 2 aromatic rings. The van der Waals surface area contributed by atoms with Gasteiger partial charge in [-0.2, -0.15) is 0 Å². The normalized spacial score (nSPS) is 19.4. The Bertz CT molecular complexity index is 795. The van der Waals surface area contributed by atoms with E-state index in [1.54, 1.807) is 4.90 Å². The summed E-state index contributed by atoms with van der Waals surface area (Å²) in [5.74, 6) is -0.403. The first-order chi connectivity index (χ1) is 13.0. The number of anilines is 1. The number of piperidine rings is 1. The van der Waals surface area contributed by atoms with Crippen molar-refractivity contribution in [2.24, 2.45) is 5.41 Å². The second kappa shape index (κ2) is 8.20. The summed E-state index contributed by atoms with van der Waals surface area (Å²) in [6, 6.07) is 15.1. The highest BCUT2D eigenvalue weighted by Gasteiger charge is 2.39. The van der Waals surface area contributed by atoms with Gasteiger partial charge in [-0.3, -0.25) is 4.79 Å². The second-order valence-corrected chi connectivity index (χ2v) is 7.19. The first-order valence-corrected chi connectivity index (χ1v) is 9.10. The van der Waals surface area contributed by atoms with E-state index in [4.69, 9.17) is 0 Å². The topological polar surface area (TPSA) is 61.4 Å². The molecule has 0 bridgehead atoms. The molecule has 0 spiro atoms. The Kier molecular flexibility index (Phi) is 5.74. The average molecular weight is 369 g/mol. The van der Waals surface area contributed by atoms with Crippen molar-refractivity contribution < 1.29 is 14.0 Å². The van der Waals surface area contributed by atoms with Gasteiger partial charge in [-0.25, -0.2) is 9.18 Å². The molecule has 5 nitrogen and oxygen atoms in total. The van der Waals surface area contributed by atoms with Crippen LogP contribution < -0.4 is 10.6 Å². The Hall–Kier alpha value is -2.89. The van der Waals surface area contributed by atoms with Gasteiger partial charge in [0.25, 0.3) is 0 Å². The van der Waals surface area contributed by atoms with Gasteiger partial charge in [0.1, 0.15) is 5.82 Å². The number of carbonyl (C=O) groups is 2. The van der Waals surface area contributed by atoms with Gasteiger partial charge in [0.05, 0.1) is 5.41 Å². The number of carbonyl (C=O) groups excluding carboxylic acids is 2. The van der Waals surface area contributed by atoms with Crippen molar-refractivity contribution in [2.45, 2.75) is 26.3 Å². The summed E-state index contributed by atoms with van der Waals surface area (Å²) in [4.78, 5) is 26.9. The van der Waals surface area contributed by atoms with E-state index in [1.165, 1.54) is 24.3 Å². The molecule has 2 N–H and O–H groups in total. The summed E-state index contributed by atoms with van der Waals surface area (Å²) in [6.45, 7) is 3.30. The van der Waals surface area contributed by atoms with Crippen LogP contribution in [0.25, 0.3) is 0 Å². The van der Waals surface area contributed by atoms with Crippen LogP contribution in [0.15, 0.2) is 54.6 Å². The lowest BCUT2D eigenvalue weighted by Gasteiger charge is -2.39. The van der Waals surface area contributed by atoms with Gasteiger partial charge in [0.2, 0.25) is 5.91 Å². The number of amides is 3. The number of nitrogens with one attached hydrogen (secondary N) is 2. The van der Waals surface area contributed by atoms with Crippen LogP contribution in [0, 0.1) is 11.2 Å². The lowest BCUT2D eigenvalue weighted by Crippen LogP contribution is -2.52. The summed E-state index contributed by atoms with van der Waals surface area (Å²) < 4.78 is 13.0. The van der Waals surface area contributed by atoms with Crippen molar-refractivity contribution in [3.8, 4) is 0 Å². The van der Waals surface area contributed by atoms with E-state index in [9.17, 15) is 14.0 Å². The first-order valence-electron chi connectivity index (χ1n) is 9.10. The number of halogens is 1. The molecule has 0 saturated carbocycles. The molecule has 2 aromatic carbocycles. The van der Waals surface area contributed by atoms with Crippen molar-refractivity contribution in [3.63, 3.8) is 0 Å². The fourth-order valence-electron chi connectivity index (χ4n) is 3.33. The van der Waals surface area contributed by atoms with Crippen molar-refractivity contribution in [2.75, 3.05) is 18.4 Å². The third kappa shape index (κ3) is 4.84. The Morgan fingerprint density at radius 1 is 1.11 bits per heavy atom. The Balaban J connectivity index is 1.58. The molecule has 1 atom stereocenters. The molecule has 0 aromatic heterocycles. The van der Waals surface area contributed by atoms with Crippen molar-refractivity contribution >= 4 is 17.6 Å². The van der Waals surface area contributed by atoms with Crippen LogP contribution in [0.3, 0.4) is 0 Å². The molecule has 27 heavy (non-hydrogen) atoms. The minimum Gasteiger partial charge on any atom is -0.351 e. The van der Waals surface area contributed by atoms with E-state index in [0.29, 0.717) is 25.3 Å². The molecule has 142 valence electrons. The highest BCUT2D eigenvalue weighted by molar-refractivity contribution is 5.90. The highest BCUT2D eigenvalue weighted by atomic mass is 19.1. The van der Waals surface area contributed by atoms with E-state index in [1.807, 2.05) is 37.3 Å². The lowest BCUT2D eigenvalue weighted by molar-refractivity contribution is -0.132. The molecule has 3 amide bonds. The standard InChI is InChI=1S/C21H24FN3O2/c1-21(19(26)23-14-16-6-3-2-4-7-16)12-5-13-25(15-21)20(27)24-18-10-8-17(22)9-11-18/h2-4,6-11H,5,12-15H2,1H3,(H,23,26)(H,24,27)/t21-/m0/s1. The van der Waals surface area contributed by atoms with Gasteiger partial charge in [-0.1, -0.05) is 30.3 Å². The maximum absolute atomic E-state index is 13.0. The van der Waals surface area contributed by atoms with Gasteiger partial charge in [-0.05, 0) is 49.6 Å². The maximum atomic E-state index is 13.0. The summed E-state index contributed by atoms with van der Waals surface area (Å²) in [6.07, 6.45) is 1.49. The number of hydrogen-bond donors (Lipinski definition) is 2. The molecule has 1 heterocycles. The van der Waals surface area contributed by atoms with E-state index < -0.39 is 5.41 Å². The molecule has 3 rings (SSSR count). The molecule has 6 heteroatoms. The summed E-state index contributed by atoms with van der Waals surface area (Å²) in [5, 5.41) is 5.75. The zero-order valence-corrected chi connectivity index (χ0v) is 15.4. The van der Waals surface area contributed by atoms with Gasteiger partial charge >= 0.3 is 6.03 Å². The zero-order chi connectivity index (χ0) is 19.3. The molecule has 1 aliphatic rings. The summed E-state index contributed by atoms with van der Waals surface area (Å²) in [5.41, 5.74) is 0.936. The zero-order valence-electron chi connectivity index (χ0n) is 15.4. The van der Waals surface area contributed by atoms with Crippen molar-refractivity contribution in [3.05, 3.63) is 66.0 Å². The Labute approximate surface area is 158 Å². The van der Waals surface area contributed by atoms with Crippen molar-refractivity contribution in [1.29, 1.82) is 0 Å². The molecule has 0 radical (unpaired) electrons.